The van der Waals surface area contributed by atoms with Crippen LogP contribution in [-0.4, -0.2) is 27.5 Å². The second kappa shape index (κ2) is 10.5. The number of benzene rings is 1. The largest absolute Gasteiger partial charge is 0.400 e. The molecule has 1 aromatic heterocycles. The van der Waals surface area contributed by atoms with E-state index in [0.717, 1.165) is 18.4 Å². The zero-order valence-electron chi connectivity index (χ0n) is 12.4. The Bertz CT molecular complexity index is 574. The second-order valence-corrected chi connectivity index (χ2v) is 3.54. The van der Waals surface area contributed by atoms with Crippen LogP contribution >= 0.6 is 0 Å². The SMILES string of the molecule is CC.CO.N#Cc1ccc(-c2ccc(NO)c(CO)c2)[nH]1. The molecule has 6 nitrogen and oxygen atoms in total. The molecule has 2 aromatic rings. The van der Waals surface area contributed by atoms with Crippen LogP contribution in [0.5, 0.6) is 0 Å². The molecular weight excluding hydrogens is 270 g/mol. The Balaban J connectivity index is 0.000000921. The summed E-state index contributed by atoms with van der Waals surface area (Å²) in [5.41, 5.74) is 5.18. The summed E-state index contributed by atoms with van der Waals surface area (Å²) in [4.78, 5) is 2.94. The van der Waals surface area contributed by atoms with Gasteiger partial charge in [0.1, 0.15) is 11.8 Å². The van der Waals surface area contributed by atoms with Gasteiger partial charge in [0, 0.05) is 18.4 Å². The third-order valence-corrected chi connectivity index (χ3v) is 2.51. The van der Waals surface area contributed by atoms with E-state index in [0.29, 0.717) is 16.9 Å². The van der Waals surface area contributed by atoms with Crippen LogP contribution in [-0.2, 0) is 6.61 Å². The Labute approximate surface area is 124 Å². The molecular formula is C15H21N3O3. The molecule has 2 rings (SSSR count). The lowest BCUT2D eigenvalue weighted by Crippen LogP contribution is -1.96. The number of H-pyrrole nitrogens is 1. The van der Waals surface area contributed by atoms with E-state index in [4.69, 9.17) is 20.7 Å². The van der Waals surface area contributed by atoms with Gasteiger partial charge in [-0.2, -0.15) is 5.26 Å². The minimum atomic E-state index is -0.178. The molecule has 0 saturated heterocycles. The van der Waals surface area contributed by atoms with Crippen LogP contribution in [0.25, 0.3) is 11.3 Å². The molecule has 0 spiro atoms. The molecule has 21 heavy (non-hydrogen) atoms. The van der Waals surface area contributed by atoms with Gasteiger partial charge in [-0.25, -0.2) is 0 Å². The number of aromatic amines is 1. The average molecular weight is 291 g/mol. The van der Waals surface area contributed by atoms with Gasteiger partial charge in [-0.1, -0.05) is 19.9 Å². The predicted molar refractivity (Wildman–Crippen MR) is 81.8 cm³/mol. The van der Waals surface area contributed by atoms with Crippen LogP contribution in [0, 0.1) is 11.3 Å². The number of aromatic nitrogens is 1. The van der Waals surface area contributed by atoms with Crippen LogP contribution in [0.15, 0.2) is 30.3 Å². The van der Waals surface area contributed by atoms with Crippen molar-refractivity contribution in [2.24, 2.45) is 0 Å². The van der Waals surface area contributed by atoms with E-state index in [2.05, 4.69) is 4.98 Å². The molecule has 0 bridgehead atoms. The number of hydrogen-bond donors (Lipinski definition) is 5. The minimum Gasteiger partial charge on any atom is -0.400 e. The standard InChI is InChI=1S/C12H11N3O2.C2H6.CH4O/c13-6-10-2-4-11(14-10)8-1-3-12(15-17)9(5-8)7-16;2*1-2/h1-5,14-17H,7H2;1-2H3;2H,1H3. The third-order valence-electron chi connectivity index (χ3n) is 2.51. The first-order chi connectivity index (χ1) is 10.3. The van der Waals surface area contributed by atoms with E-state index < -0.39 is 0 Å². The molecule has 0 atom stereocenters. The van der Waals surface area contributed by atoms with Crippen molar-refractivity contribution in [1.82, 2.24) is 4.98 Å². The van der Waals surface area contributed by atoms with Crippen molar-refractivity contribution in [3.63, 3.8) is 0 Å². The van der Waals surface area contributed by atoms with Crippen molar-refractivity contribution in [3.05, 3.63) is 41.6 Å². The lowest BCUT2D eigenvalue weighted by molar-refractivity contribution is 0.280. The molecule has 6 heteroatoms. The zero-order chi connectivity index (χ0) is 16.3. The summed E-state index contributed by atoms with van der Waals surface area (Å²) < 4.78 is 0. The fourth-order valence-corrected chi connectivity index (χ4v) is 1.63. The van der Waals surface area contributed by atoms with Crippen molar-refractivity contribution in [1.29, 1.82) is 5.26 Å². The van der Waals surface area contributed by atoms with E-state index in [1.165, 1.54) is 0 Å². The summed E-state index contributed by atoms with van der Waals surface area (Å²) in [6.45, 7) is 3.82. The lowest BCUT2D eigenvalue weighted by atomic mass is 10.1. The molecule has 0 unspecified atom stereocenters. The van der Waals surface area contributed by atoms with Crippen LogP contribution < -0.4 is 5.48 Å². The van der Waals surface area contributed by atoms with Crippen LogP contribution in [0.1, 0.15) is 25.1 Å². The highest BCUT2D eigenvalue weighted by Crippen LogP contribution is 2.24. The molecule has 1 aromatic carbocycles. The summed E-state index contributed by atoms with van der Waals surface area (Å²) >= 11 is 0. The molecule has 0 radical (unpaired) electrons. The van der Waals surface area contributed by atoms with Gasteiger partial charge in [-0.3, -0.25) is 10.7 Å². The Morgan fingerprint density at radius 2 is 1.86 bits per heavy atom. The number of nitrogens with zero attached hydrogens (tertiary/aromatic N) is 1. The van der Waals surface area contributed by atoms with Crippen LogP contribution in [0.3, 0.4) is 0 Å². The summed E-state index contributed by atoms with van der Waals surface area (Å²) in [5, 5.41) is 33.7. The number of aliphatic hydroxyl groups excluding tert-OH is 2. The van der Waals surface area contributed by atoms with E-state index in [-0.39, 0.29) is 6.61 Å². The van der Waals surface area contributed by atoms with Crippen LogP contribution in [0.4, 0.5) is 5.69 Å². The normalized spacial score (nSPS) is 8.62. The lowest BCUT2D eigenvalue weighted by Gasteiger charge is -2.07. The summed E-state index contributed by atoms with van der Waals surface area (Å²) in [7, 11) is 1.00. The summed E-state index contributed by atoms with van der Waals surface area (Å²) in [5.74, 6) is 0. The fraction of sp³-hybridized carbons (Fsp3) is 0.267. The third kappa shape index (κ3) is 4.93. The quantitative estimate of drug-likeness (QED) is 0.558. The number of nitriles is 1. The first-order valence-electron chi connectivity index (χ1n) is 6.46. The van der Waals surface area contributed by atoms with E-state index >= 15 is 0 Å². The van der Waals surface area contributed by atoms with E-state index in [1.54, 1.807) is 30.3 Å². The smallest absolute Gasteiger partial charge is 0.118 e. The number of rotatable bonds is 3. The Morgan fingerprint density at radius 1 is 1.19 bits per heavy atom. The monoisotopic (exact) mass is 291 g/mol. The predicted octanol–water partition coefficient (Wildman–Crippen LogP) is 2.48. The van der Waals surface area contributed by atoms with E-state index in [1.807, 2.05) is 25.4 Å². The van der Waals surface area contributed by atoms with Gasteiger partial charge in [-0.15, -0.1) is 0 Å². The Hall–Kier alpha value is -2.33. The zero-order valence-corrected chi connectivity index (χ0v) is 12.4. The second-order valence-electron chi connectivity index (χ2n) is 3.54. The minimum absolute atomic E-state index is 0.178. The first kappa shape index (κ1) is 18.7. The molecule has 114 valence electrons. The molecule has 1 heterocycles. The maximum atomic E-state index is 9.16. The van der Waals surface area contributed by atoms with Crippen molar-refractivity contribution >= 4 is 5.69 Å². The average Bonchev–Trinajstić information content (AvgIpc) is 3.07. The molecule has 0 aliphatic carbocycles. The van der Waals surface area contributed by atoms with Crippen LogP contribution in [0.2, 0.25) is 0 Å². The van der Waals surface area contributed by atoms with Gasteiger partial charge >= 0.3 is 0 Å². The Kier molecular flexibility index (Phi) is 9.30. The maximum Gasteiger partial charge on any atom is 0.118 e. The van der Waals surface area contributed by atoms with Crippen molar-refractivity contribution in [2.75, 3.05) is 12.6 Å². The number of hydrogen-bond acceptors (Lipinski definition) is 5. The Morgan fingerprint density at radius 3 is 2.33 bits per heavy atom. The van der Waals surface area contributed by atoms with Gasteiger partial charge in [0.15, 0.2) is 0 Å². The van der Waals surface area contributed by atoms with Gasteiger partial charge in [-0.05, 0) is 29.8 Å². The highest BCUT2D eigenvalue weighted by molar-refractivity contribution is 5.66. The first-order valence-corrected chi connectivity index (χ1v) is 6.46. The highest BCUT2D eigenvalue weighted by atomic mass is 16.5. The van der Waals surface area contributed by atoms with Gasteiger partial charge in [0.25, 0.3) is 0 Å². The highest BCUT2D eigenvalue weighted by Gasteiger charge is 2.06. The molecule has 0 saturated carbocycles. The van der Waals surface area contributed by atoms with Crippen molar-refractivity contribution < 1.29 is 15.4 Å². The number of nitrogens with one attached hydrogen (secondary N) is 2. The molecule has 0 amide bonds. The summed E-state index contributed by atoms with van der Waals surface area (Å²) in [6, 6.07) is 10.7. The summed E-state index contributed by atoms with van der Waals surface area (Å²) in [6.07, 6.45) is 0. The number of anilines is 1. The topological polar surface area (TPSA) is 112 Å². The number of aliphatic hydroxyl groups is 2. The molecule has 0 aliphatic rings. The van der Waals surface area contributed by atoms with Crippen molar-refractivity contribution in [3.8, 4) is 17.3 Å². The van der Waals surface area contributed by atoms with Gasteiger partial charge in [0.2, 0.25) is 0 Å². The maximum absolute atomic E-state index is 9.16. The molecule has 0 aliphatic heterocycles. The molecule has 0 fully saturated rings. The van der Waals surface area contributed by atoms with Gasteiger partial charge < -0.3 is 15.2 Å². The molecule has 5 N–H and O–H groups in total. The fourth-order valence-electron chi connectivity index (χ4n) is 1.63. The van der Waals surface area contributed by atoms with Gasteiger partial charge in [0.05, 0.1) is 12.3 Å². The van der Waals surface area contributed by atoms with Crippen molar-refractivity contribution in [2.45, 2.75) is 20.5 Å². The van der Waals surface area contributed by atoms with E-state index in [9.17, 15) is 0 Å².